The first-order chi connectivity index (χ1) is 21.3. The Bertz CT molecular complexity index is 1580. The van der Waals surface area contributed by atoms with Crippen molar-refractivity contribution in [2.24, 2.45) is 0 Å². The summed E-state index contributed by atoms with van der Waals surface area (Å²) in [7, 11) is 0. The van der Waals surface area contributed by atoms with Gasteiger partial charge in [0.15, 0.2) is 0 Å². The van der Waals surface area contributed by atoms with E-state index in [0.29, 0.717) is 41.4 Å². The smallest absolute Gasteiger partial charge is 0.326 e. The van der Waals surface area contributed by atoms with E-state index in [1.54, 1.807) is 13.0 Å². The molecule has 1 aliphatic heterocycles. The number of nitrogens with zero attached hydrogens (tertiary/aromatic N) is 5. The van der Waals surface area contributed by atoms with Crippen molar-refractivity contribution < 1.29 is 23.4 Å². The van der Waals surface area contributed by atoms with Crippen molar-refractivity contribution in [1.82, 2.24) is 24.8 Å². The molecule has 1 aliphatic rings. The molecule has 3 aromatic heterocycles. The zero-order valence-electron chi connectivity index (χ0n) is 24.7. The largest absolute Gasteiger partial charge is 0.491 e. The first kappa shape index (κ1) is 31.0. The Morgan fingerprint density at radius 2 is 1.95 bits per heavy atom. The van der Waals surface area contributed by atoms with E-state index in [9.17, 15) is 18.7 Å². The number of carboxylic acid groups (broad SMARTS) is 1. The van der Waals surface area contributed by atoms with Gasteiger partial charge in [0.05, 0.1) is 17.9 Å². The van der Waals surface area contributed by atoms with E-state index < -0.39 is 23.6 Å². The fraction of sp³-hybridized carbons (Fsp3) is 0.406. The highest BCUT2D eigenvalue weighted by molar-refractivity contribution is 5.91. The van der Waals surface area contributed by atoms with Crippen LogP contribution in [0.1, 0.15) is 42.8 Å². The summed E-state index contributed by atoms with van der Waals surface area (Å²) in [5, 5.41) is 17.0. The average Bonchev–Trinajstić information content (AvgIpc) is 3.00. The van der Waals surface area contributed by atoms with Crippen LogP contribution < -0.4 is 15.4 Å². The summed E-state index contributed by atoms with van der Waals surface area (Å²) in [6, 6.07) is 8.74. The van der Waals surface area contributed by atoms with Gasteiger partial charge in [0, 0.05) is 42.8 Å². The zero-order chi connectivity index (χ0) is 30.9. The number of nitrogens with one attached hydrogen (secondary N) is 2. The molecule has 232 valence electrons. The fourth-order valence-corrected chi connectivity index (χ4v) is 5.31. The molecule has 3 N–H and O–H groups in total. The highest BCUT2D eigenvalue weighted by atomic mass is 19.1. The molecule has 0 radical (unpaired) electrons. The summed E-state index contributed by atoms with van der Waals surface area (Å²) in [6.45, 7) is 4.61. The summed E-state index contributed by atoms with van der Waals surface area (Å²) in [5.74, 6) is 0.154. The molecule has 1 unspecified atom stereocenters. The van der Waals surface area contributed by atoms with E-state index >= 15 is 0 Å². The molecule has 1 aromatic carbocycles. The number of halogens is 2. The molecule has 0 saturated heterocycles. The summed E-state index contributed by atoms with van der Waals surface area (Å²) in [6.07, 6.45) is 7.66. The summed E-state index contributed by atoms with van der Waals surface area (Å²) >= 11 is 0. The second-order valence-electron chi connectivity index (χ2n) is 10.9. The third-order valence-corrected chi connectivity index (χ3v) is 7.58. The van der Waals surface area contributed by atoms with Crippen LogP contribution in [0.25, 0.3) is 10.9 Å². The molecule has 0 spiro atoms. The molecular formula is C32H37F2N7O3. The number of pyridine rings is 2. The van der Waals surface area contributed by atoms with E-state index in [4.69, 9.17) is 9.72 Å². The van der Waals surface area contributed by atoms with E-state index in [-0.39, 0.29) is 13.0 Å². The Balaban J connectivity index is 1.20. The number of aryl methyl sites for hydroxylation is 3. The Labute approximate surface area is 254 Å². The van der Waals surface area contributed by atoms with Gasteiger partial charge in [0.2, 0.25) is 0 Å². The van der Waals surface area contributed by atoms with Gasteiger partial charge in [-0.1, -0.05) is 6.07 Å². The van der Waals surface area contributed by atoms with Gasteiger partial charge in [-0.15, -0.1) is 0 Å². The number of ether oxygens (including phenoxy) is 1. The van der Waals surface area contributed by atoms with Crippen molar-refractivity contribution in [3.05, 3.63) is 77.5 Å². The summed E-state index contributed by atoms with van der Waals surface area (Å²) in [5.41, 5.74) is 2.71. The van der Waals surface area contributed by atoms with Crippen LogP contribution in [-0.2, 0) is 17.6 Å². The van der Waals surface area contributed by atoms with E-state index in [1.807, 2.05) is 0 Å². The van der Waals surface area contributed by atoms with Crippen LogP contribution in [0.3, 0.4) is 0 Å². The van der Waals surface area contributed by atoms with Crippen LogP contribution in [-0.4, -0.2) is 74.7 Å². The van der Waals surface area contributed by atoms with Gasteiger partial charge < -0.3 is 20.5 Å². The molecule has 12 heteroatoms. The molecule has 5 rings (SSSR count). The Hall–Kier alpha value is -4.45. The van der Waals surface area contributed by atoms with Gasteiger partial charge in [-0.05, 0) is 75.8 Å². The molecule has 4 heterocycles. The fourth-order valence-electron chi connectivity index (χ4n) is 5.31. The first-order valence-corrected chi connectivity index (χ1v) is 15.0. The molecule has 0 saturated carbocycles. The van der Waals surface area contributed by atoms with Crippen LogP contribution >= 0.6 is 0 Å². The first-order valence-electron chi connectivity index (χ1n) is 15.0. The van der Waals surface area contributed by atoms with E-state index in [1.165, 1.54) is 30.0 Å². The van der Waals surface area contributed by atoms with Gasteiger partial charge in [-0.25, -0.2) is 28.5 Å². The van der Waals surface area contributed by atoms with Gasteiger partial charge in [0.1, 0.15) is 47.5 Å². The maximum Gasteiger partial charge on any atom is 0.326 e. The lowest BCUT2D eigenvalue weighted by atomic mass is 10.1. The lowest BCUT2D eigenvalue weighted by molar-refractivity contribution is -0.138. The average molecular weight is 606 g/mol. The number of aliphatic carboxylic acids is 1. The number of hydrogen-bond acceptors (Lipinski definition) is 9. The number of rotatable bonds is 15. The second kappa shape index (κ2) is 14.8. The van der Waals surface area contributed by atoms with Gasteiger partial charge >= 0.3 is 5.97 Å². The molecular weight excluding hydrogens is 568 g/mol. The number of unbranched alkanes of at least 4 members (excludes halogenated alkanes) is 1. The van der Waals surface area contributed by atoms with Crippen LogP contribution in [0.4, 0.5) is 20.4 Å². The molecule has 0 aliphatic carbocycles. The number of hydrogen-bond donors (Lipinski definition) is 3. The SMILES string of the molecule is Cc1nc(NC(CCN(CCCCc2ccc3c(n2)NCCC3)CCOc2cncc(F)c2)C(=O)O)c2ccc(F)cc2n1. The number of aromatic nitrogens is 4. The quantitative estimate of drug-likeness (QED) is 0.159. The summed E-state index contributed by atoms with van der Waals surface area (Å²) < 4.78 is 33.1. The monoisotopic (exact) mass is 605 g/mol. The van der Waals surface area contributed by atoms with E-state index in [0.717, 1.165) is 62.9 Å². The van der Waals surface area contributed by atoms with Crippen molar-refractivity contribution in [2.75, 3.05) is 43.4 Å². The number of benzene rings is 1. The van der Waals surface area contributed by atoms with E-state index in [2.05, 4.69) is 42.6 Å². The van der Waals surface area contributed by atoms with Crippen molar-refractivity contribution in [2.45, 2.75) is 51.5 Å². The minimum Gasteiger partial charge on any atom is -0.491 e. The van der Waals surface area contributed by atoms with Crippen molar-refractivity contribution in [3.63, 3.8) is 0 Å². The minimum atomic E-state index is -1.02. The maximum absolute atomic E-state index is 13.8. The third kappa shape index (κ3) is 8.56. The van der Waals surface area contributed by atoms with Crippen LogP contribution in [0, 0.1) is 18.6 Å². The summed E-state index contributed by atoms with van der Waals surface area (Å²) in [4.78, 5) is 31.7. The molecule has 10 nitrogen and oxygen atoms in total. The molecule has 4 aromatic rings. The van der Waals surface area contributed by atoms with Crippen LogP contribution in [0.5, 0.6) is 5.75 Å². The lowest BCUT2D eigenvalue weighted by Gasteiger charge is -2.25. The standard InChI is InChI=1S/C32H37F2N7O3/c1-21-37-29-18-23(33)8-10-27(29)31(38-21)40-28(32(42)43)11-14-41(15-16-44-26-17-24(34)19-35-20-26)13-3-2-6-25-9-7-22-5-4-12-36-30(22)39-25/h7-10,17-20,28H,2-6,11-16H2,1H3,(H,36,39)(H,42,43)(H,37,38,40). The Morgan fingerprint density at radius 3 is 2.80 bits per heavy atom. The van der Waals surface area contributed by atoms with Gasteiger partial charge in [-0.3, -0.25) is 9.88 Å². The molecule has 0 amide bonds. The molecule has 0 bridgehead atoms. The van der Waals surface area contributed by atoms with Gasteiger partial charge in [-0.2, -0.15) is 0 Å². The van der Waals surface area contributed by atoms with Crippen LogP contribution in [0.15, 0.2) is 48.8 Å². The minimum absolute atomic E-state index is 0.278. The Kier molecular flexibility index (Phi) is 10.4. The topological polar surface area (TPSA) is 125 Å². The molecule has 0 fully saturated rings. The van der Waals surface area contributed by atoms with Crippen LogP contribution in [0.2, 0.25) is 0 Å². The second-order valence-corrected chi connectivity index (χ2v) is 10.9. The highest BCUT2D eigenvalue weighted by Gasteiger charge is 2.21. The maximum atomic E-state index is 13.8. The lowest BCUT2D eigenvalue weighted by Crippen LogP contribution is -2.37. The normalized spacial score (nSPS) is 13.4. The number of anilines is 2. The predicted octanol–water partition coefficient (Wildman–Crippen LogP) is 5.02. The van der Waals surface area contributed by atoms with Crippen molar-refractivity contribution >= 4 is 28.5 Å². The van der Waals surface area contributed by atoms with Gasteiger partial charge in [0.25, 0.3) is 0 Å². The number of carbonyl (C=O) groups is 1. The highest BCUT2D eigenvalue weighted by Crippen LogP contribution is 2.23. The zero-order valence-corrected chi connectivity index (χ0v) is 24.7. The molecule has 44 heavy (non-hydrogen) atoms. The molecule has 1 atom stereocenters. The Morgan fingerprint density at radius 1 is 1.07 bits per heavy atom. The third-order valence-electron chi connectivity index (χ3n) is 7.58. The van der Waals surface area contributed by atoms with Crippen molar-refractivity contribution in [3.8, 4) is 5.75 Å². The predicted molar refractivity (Wildman–Crippen MR) is 164 cm³/mol. The van der Waals surface area contributed by atoms with Crippen molar-refractivity contribution in [1.29, 1.82) is 0 Å². The number of fused-ring (bicyclic) bond motifs is 2. The number of carboxylic acids is 1.